The molecule has 0 saturated carbocycles. The fraction of sp³-hybridized carbons (Fsp3) is 0.259. The predicted molar refractivity (Wildman–Crippen MR) is 143 cm³/mol. The Hall–Kier alpha value is -3.69. The third kappa shape index (κ3) is 4.84. The summed E-state index contributed by atoms with van der Waals surface area (Å²) in [5.41, 5.74) is 5.44. The molecule has 0 unspecified atom stereocenters. The number of hydrogen-bond acceptors (Lipinski definition) is 5. The zero-order valence-electron chi connectivity index (χ0n) is 20.4. The summed E-state index contributed by atoms with van der Waals surface area (Å²) in [6, 6.07) is 16.9. The van der Waals surface area contributed by atoms with Gasteiger partial charge in [-0.25, -0.2) is 13.1 Å². The number of amides is 1. The predicted octanol–water partition coefficient (Wildman–Crippen LogP) is 4.08. The van der Waals surface area contributed by atoms with Crippen molar-refractivity contribution in [1.29, 1.82) is 0 Å². The summed E-state index contributed by atoms with van der Waals surface area (Å²) >= 11 is 0. The lowest BCUT2D eigenvalue weighted by atomic mass is 10.1. The van der Waals surface area contributed by atoms with E-state index in [2.05, 4.69) is 31.7 Å². The van der Waals surface area contributed by atoms with Crippen LogP contribution in [0.1, 0.15) is 18.4 Å². The number of aromatic nitrogens is 2. The molecule has 186 valence electrons. The number of carbonyl (C=O) groups is 1. The van der Waals surface area contributed by atoms with Gasteiger partial charge in [0.05, 0.1) is 23.3 Å². The highest BCUT2D eigenvalue weighted by Crippen LogP contribution is 2.36. The number of H-pyrrole nitrogens is 1. The maximum Gasteiger partial charge on any atom is 0.241 e. The van der Waals surface area contributed by atoms with Crippen molar-refractivity contribution < 1.29 is 13.2 Å². The monoisotopic (exact) mass is 503 g/mol. The van der Waals surface area contributed by atoms with Gasteiger partial charge in [-0.3, -0.25) is 9.78 Å². The van der Waals surface area contributed by atoms with Gasteiger partial charge in [0.15, 0.2) is 0 Å². The van der Waals surface area contributed by atoms with Crippen LogP contribution in [0.15, 0.2) is 71.9 Å². The number of rotatable bonds is 7. The molecule has 1 saturated heterocycles. The SMILES string of the molecule is Cc1ccc2[nH]c(-c3cc(S(=O)(=O)NCC(=O)N(C)c4cccnc4)ccc3N3CCCC3)cc2c1. The van der Waals surface area contributed by atoms with Gasteiger partial charge in [-0.15, -0.1) is 0 Å². The van der Waals surface area contributed by atoms with Crippen LogP contribution < -0.4 is 14.5 Å². The van der Waals surface area contributed by atoms with Crippen LogP contribution in [0.25, 0.3) is 22.2 Å². The van der Waals surface area contributed by atoms with E-state index < -0.39 is 10.0 Å². The van der Waals surface area contributed by atoms with Crippen molar-refractivity contribution in [3.8, 4) is 11.3 Å². The number of nitrogens with one attached hydrogen (secondary N) is 2. The van der Waals surface area contributed by atoms with E-state index in [9.17, 15) is 13.2 Å². The number of aromatic amines is 1. The number of hydrogen-bond donors (Lipinski definition) is 2. The maximum atomic E-state index is 13.2. The minimum Gasteiger partial charge on any atom is -0.371 e. The van der Waals surface area contributed by atoms with Gasteiger partial charge in [-0.1, -0.05) is 11.6 Å². The highest BCUT2D eigenvalue weighted by Gasteiger charge is 2.23. The first kappa shape index (κ1) is 24.0. The van der Waals surface area contributed by atoms with Crippen molar-refractivity contribution in [2.24, 2.45) is 0 Å². The molecule has 3 heterocycles. The van der Waals surface area contributed by atoms with Gasteiger partial charge >= 0.3 is 0 Å². The Labute approximate surface area is 211 Å². The molecule has 0 spiro atoms. The average Bonchev–Trinajstić information content (AvgIpc) is 3.57. The average molecular weight is 504 g/mol. The molecule has 1 aliphatic heterocycles. The fourth-order valence-corrected chi connectivity index (χ4v) is 5.58. The summed E-state index contributed by atoms with van der Waals surface area (Å²) in [5, 5.41) is 1.08. The van der Waals surface area contributed by atoms with Crippen LogP contribution >= 0.6 is 0 Å². The number of carbonyl (C=O) groups excluding carboxylic acids is 1. The van der Waals surface area contributed by atoms with Gasteiger partial charge in [-0.2, -0.15) is 0 Å². The number of aryl methyl sites for hydroxylation is 1. The smallest absolute Gasteiger partial charge is 0.241 e. The van der Waals surface area contributed by atoms with Crippen LogP contribution in [0, 0.1) is 6.92 Å². The molecule has 4 aromatic rings. The Balaban J connectivity index is 1.45. The molecule has 5 rings (SSSR count). The van der Waals surface area contributed by atoms with Crippen molar-refractivity contribution in [1.82, 2.24) is 14.7 Å². The molecule has 0 atom stereocenters. The third-order valence-electron chi connectivity index (χ3n) is 6.61. The first-order valence-electron chi connectivity index (χ1n) is 12.0. The van der Waals surface area contributed by atoms with Crippen molar-refractivity contribution in [3.05, 3.63) is 72.6 Å². The summed E-state index contributed by atoms with van der Waals surface area (Å²) in [6.07, 6.45) is 5.39. The standard InChI is InChI=1S/C27H29N5O3S/c1-19-7-9-24-20(14-19)15-25(30-24)23-16-22(8-10-26(23)32-12-3-4-13-32)36(34,35)29-18-27(33)31(2)21-6-5-11-28-17-21/h5-11,14-17,29-30H,3-4,12-13,18H2,1-2H3. The van der Waals surface area contributed by atoms with Crippen LogP contribution in [0.4, 0.5) is 11.4 Å². The van der Waals surface area contributed by atoms with Gasteiger partial charge < -0.3 is 14.8 Å². The molecule has 2 N–H and O–H groups in total. The van der Waals surface area contributed by atoms with Crippen molar-refractivity contribution in [3.63, 3.8) is 0 Å². The fourth-order valence-electron chi connectivity index (χ4n) is 4.58. The van der Waals surface area contributed by atoms with Crippen LogP contribution in [-0.4, -0.2) is 51.0 Å². The first-order chi connectivity index (χ1) is 17.3. The lowest BCUT2D eigenvalue weighted by Crippen LogP contribution is -2.38. The van der Waals surface area contributed by atoms with E-state index in [1.807, 2.05) is 25.1 Å². The van der Waals surface area contributed by atoms with Crippen LogP contribution in [0.5, 0.6) is 0 Å². The molecule has 9 heteroatoms. The van der Waals surface area contributed by atoms with Gasteiger partial charge in [0.2, 0.25) is 15.9 Å². The topological polar surface area (TPSA) is 98.4 Å². The largest absolute Gasteiger partial charge is 0.371 e. The van der Waals surface area contributed by atoms with Crippen LogP contribution in [-0.2, 0) is 14.8 Å². The maximum absolute atomic E-state index is 13.2. The molecule has 1 amide bonds. The quantitative estimate of drug-likeness (QED) is 0.396. The zero-order valence-corrected chi connectivity index (χ0v) is 21.2. The van der Waals surface area contributed by atoms with E-state index in [4.69, 9.17) is 0 Å². The number of sulfonamides is 1. The van der Waals surface area contributed by atoms with E-state index in [1.165, 1.54) is 4.90 Å². The number of fused-ring (bicyclic) bond motifs is 1. The second-order valence-corrected chi connectivity index (χ2v) is 10.9. The molecule has 0 aliphatic carbocycles. The second-order valence-electron chi connectivity index (χ2n) is 9.14. The van der Waals surface area contributed by atoms with Crippen molar-refractivity contribution in [2.45, 2.75) is 24.7 Å². The molecule has 1 fully saturated rings. The van der Waals surface area contributed by atoms with Crippen LogP contribution in [0.3, 0.4) is 0 Å². The van der Waals surface area contributed by atoms with Gasteiger partial charge in [0.1, 0.15) is 0 Å². The molecule has 36 heavy (non-hydrogen) atoms. The number of likely N-dealkylation sites (N-methyl/N-ethyl adjacent to an activating group) is 1. The Bertz CT molecular complexity index is 1510. The molecular weight excluding hydrogens is 474 g/mol. The summed E-state index contributed by atoms with van der Waals surface area (Å²) in [5.74, 6) is -0.383. The molecular formula is C27H29N5O3S. The Morgan fingerprint density at radius 2 is 1.92 bits per heavy atom. The summed E-state index contributed by atoms with van der Waals surface area (Å²) in [6.45, 7) is 3.56. The first-order valence-corrected chi connectivity index (χ1v) is 13.5. The van der Waals surface area contributed by atoms with E-state index in [1.54, 1.807) is 43.7 Å². The Morgan fingerprint density at radius 3 is 2.67 bits per heavy atom. The molecule has 0 radical (unpaired) electrons. The minimum atomic E-state index is -3.92. The van der Waals surface area contributed by atoms with Crippen molar-refractivity contribution in [2.75, 3.05) is 36.5 Å². The molecule has 8 nitrogen and oxygen atoms in total. The molecule has 2 aromatic carbocycles. The van der Waals surface area contributed by atoms with Crippen LogP contribution in [0.2, 0.25) is 0 Å². The van der Waals surface area contributed by atoms with Crippen molar-refractivity contribution >= 4 is 38.2 Å². The number of pyridine rings is 1. The molecule has 0 bridgehead atoms. The van der Waals surface area contributed by atoms with E-state index >= 15 is 0 Å². The lowest BCUT2D eigenvalue weighted by Gasteiger charge is -2.22. The van der Waals surface area contributed by atoms with Gasteiger partial charge in [0.25, 0.3) is 0 Å². The number of nitrogens with zero attached hydrogens (tertiary/aromatic N) is 3. The van der Waals surface area contributed by atoms with Gasteiger partial charge in [0, 0.05) is 54.2 Å². The zero-order chi connectivity index (χ0) is 25.3. The Kier molecular flexibility index (Phi) is 6.51. The molecule has 2 aromatic heterocycles. The highest BCUT2D eigenvalue weighted by molar-refractivity contribution is 7.89. The Morgan fingerprint density at radius 1 is 1.11 bits per heavy atom. The second kappa shape index (κ2) is 9.75. The minimum absolute atomic E-state index is 0.118. The summed E-state index contributed by atoms with van der Waals surface area (Å²) in [4.78, 5) is 23.9. The molecule has 1 aliphatic rings. The van der Waals surface area contributed by atoms with Gasteiger partial charge in [-0.05, 0) is 68.3 Å². The number of benzene rings is 2. The normalized spacial score (nSPS) is 13.9. The van der Waals surface area contributed by atoms with E-state index in [-0.39, 0.29) is 17.3 Å². The summed E-state index contributed by atoms with van der Waals surface area (Å²) < 4.78 is 28.9. The van der Waals surface area contributed by atoms with E-state index in [0.717, 1.165) is 59.3 Å². The third-order valence-corrected chi connectivity index (χ3v) is 8.01. The number of anilines is 2. The summed E-state index contributed by atoms with van der Waals surface area (Å²) in [7, 11) is -2.33. The van der Waals surface area contributed by atoms with E-state index in [0.29, 0.717) is 5.69 Å². The lowest BCUT2D eigenvalue weighted by molar-refractivity contribution is -0.117. The highest BCUT2D eigenvalue weighted by atomic mass is 32.2.